The minimum Gasteiger partial charge on any atom is -0.309 e. The molecule has 1 heterocycles. The van der Waals surface area contributed by atoms with Crippen LogP contribution in [-0.2, 0) is 5.41 Å². The van der Waals surface area contributed by atoms with Crippen molar-refractivity contribution in [1.82, 2.24) is 0 Å². The average molecular weight is 716 g/mol. The molecule has 1 nitrogen and oxygen atoms in total. The van der Waals surface area contributed by atoms with Gasteiger partial charge in [-0.2, -0.15) is 0 Å². The number of rotatable bonds is 4. The molecule has 0 unspecified atom stereocenters. The van der Waals surface area contributed by atoms with Crippen LogP contribution in [0.15, 0.2) is 200 Å². The van der Waals surface area contributed by atoms with E-state index in [-0.39, 0.29) is 0 Å². The van der Waals surface area contributed by atoms with Crippen molar-refractivity contribution >= 4 is 59.3 Å². The molecule has 1 aromatic heterocycles. The molecule has 0 N–H and O–H groups in total. The number of nitrogens with zero attached hydrogens (tertiary/aromatic N) is 1. The van der Waals surface area contributed by atoms with Crippen LogP contribution >= 0.6 is 11.3 Å². The Hall–Kier alpha value is -6.74. The van der Waals surface area contributed by atoms with Gasteiger partial charge in [-0.25, -0.2) is 0 Å². The first kappa shape index (κ1) is 30.7. The molecule has 12 rings (SSSR count). The summed E-state index contributed by atoms with van der Waals surface area (Å²) in [5, 5.41) is 5.06. The van der Waals surface area contributed by atoms with Crippen LogP contribution in [0.25, 0.3) is 64.3 Å². The Morgan fingerprint density at radius 2 is 0.818 bits per heavy atom. The second-order valence-electron chi connectivity index (χ2n) is 14.7. The van der Waals surface area contributed by atoms with Gasteiger partial charge in [0.25, 0.3) is 0 Å². The van der Waals surface area contributed by atoms with Crippen molar-refractivity contribution in [3.8, 4) is 33.4 Å². The van der Waals surface area contributed by atoms with Crippen molar-refractivity contribution in [2.75, 3.05) is 4.90 Å². The van der Waals surface area contributed by atoms with Crippen molar-refractivity contribution in [3.05, 3.63) is 222 Å². The van der Waals surface area contributed by atoms with E-state index in [4.69, 9.17) is 0 Å². The summed E-state index contributed by atoms with van der Waals surface area (Å²) in [7, 11) is 0. The lowest BCUT2D eigenvalue weighted by Crippen LogP contribution is -2.26. The molecule has 0 saturated heterocycles. The highest BCUT2D eigenvalue weighted by molar-refractivity contribution is 7.26. The third-order valence-corrected chi connectivity index (χ3v) is 13.2. The van der Waals surface area contributed by atoms with Gasteiger partial charge in [-0.05, 0) is 85.6 Å². The molecule has 256 valence electrons. The van der Waals surface area contributed by atoms with E-state index in [0.717, 1.165) is 5.69 Å². The quantitative estimate of drug-likeness (QED) is 0.175. The number of hydrogen-bond acceptors (Lipinski definition) is 2. The average Bonchev–Trinajstić information content (AvgIpc) is 3.89. The van der Waals surface area contributed by atoms with E-state index in [1.165, 1.54) is 98.0 Å². The van der Waals surface area contributed by atoms with Crippen molar-refractivity contribution in [2.24, 2.45) is 0 Å². The van der Waals surface area contributed by atoms with Gasteiger partial charge in [0, 0.05) is 31.3 Å². The topological polar surface area (TPSA) is 3.24 Å². The van der Waals surface area contributed by atoms with Gasteiger partial charge >= 0.3 is 0 Å². The first-order valence-electron chi connectivity index (χ1n) is 19.0. The summed E-state index contributed by atoms with van der Waals surface area (Å²) < 4.78 is 2.59. The molecule has 0 fully saturated rings. The third-order valence-electron chi connectivity index (χ3n) is 12.1. The van der Waals surface area contributed by atoms with Gasteiger partial charge in [-0.3, -0.25) is 0 Å². The molecule has 55 heavy (non-hydrogen) atoms. The number of hydrogen-bond donors (Lipinski definition) is 0. The molecule has 10 aromatic rings. The standard InChI is InChI=1S/C53H33NS/c1-2-18-35-34(16-1)17-13-24-36(35)39-21-6-11-29-46(39)54(48-31-15-33-50-52(48)41-23-7-12-32-49(41)55-50)47-30-14-28-45-51(47)40-22-5-10-27-44(40)53(45)42-25-8-3-19-37(42)38-20-4-9-26-43(38)53/h1-33H. The van der Waals surface area contributed by atoms with E-state index in [9.17, 15) is 0 Å². The lowest BCUT2D eigenvalue weighted by molar-refractivity contribution is 0.794. The van der Waals surface area contributed by atoms with Crippen LogP contribution in [0.2, 0.25) is 0 Å². The minimum absolute atomic E-state index is 0.434. The zero-order valence-corrected chi connectivity index (χ0v) is 30.7. The molecule has 2 aliphatic carbocycles. The summed E-state index contributed by atoms with van der Waals surface area (Å²) in [6, 6.07) is 74.5. The number of para-hydroxylation sites is 1. The van der Waals surface area contributed by atoms with E-state index in [2.05, 4.69) is 205 Å². The second kappa shape index (κ2) is 11.6. The predicted octanol–water partition coefficient (Wildman–Crippen LogP) is 14.7. The maximum atomic E-state index is 2.58. The number of fused-ring (bicyclic) bond motifs is 14. The van der Waals surface area contributed by atoms with Gasteiger partial charge in [0.2, 0.25) is 0 Å². The fourth-order valence-corrected chi connectivity index (χ4v) is 11.1. The van der Waals surface area contributed by atoms with Crippen LogP contribution in [0.5, 0.6) is 0 Å². The zero-order valence-electron chi connectivity index (χ0n) is 29.9. The SMILES string of the molecule is c1ccc(N(c2cccc3c2-c2ccccc2C32c3ccccc3-c3ccccc32)c2cccc3sc4ccccc4c23)c(-c2cccc3ccccc23)c1. The predicted molar refractivity (Wildman–Crippen MR) is 233 cm³/mol. The Kier molecular flexibility index (Phi) is 6.49. The van der Waals surface area contributed by atoms with E-state index < -0.39 is 5.41 Å². The maximum Gasteiger partial charge on any atom is 0.0726 e. The Balaban J connectivity index is 1.23. The van der Waals surface area contributed by atoms with Crippen LogP contribution in [-0.4, -0.2) is 0 Å². The van der Waals surface area contributed by atoms with Crippen molar-refractivity contribution < 1.29 is 0 Å². The lowest BCUT2D eigenvalue weighted by atomic mass is 9.70. The lowest BCUT2D eigenvalue weighted by Gasteiger charge is -2.33. The third kappa shape index (κ3) is 4.12. The van der Waals surface area contributed by atoms with Gasteiger partial charge < -0.3 is 4.90 Å². The van der Waals surface area contributed by atoms with Crippen molar-refractivity contribution in [3.63, 3.8) is 0 Å². The van der Waals surface area contributed by atoms with Crippen molar-refractivity contribution in [1.29, 1.82) is 0 Å². The second-order valence-corrected chi connectivity index (χ2v) is 15.8. The minimum atomic E-state index is -0.434. The van der Waals surface area contributed by atoms with E-state index in [1.807, 2.05) is 11.3 Å². The van der Waals surface area contributed by atoms with Crippen LogP contribution in [0, 0.1) is 0 Å². The van der Waals surface area contributed by atoms with E-state index in [0.29, 0.717) is 0 Å². The molecule has 0 amide bonds. The molecular weight excluding hydrogens is 683 g/mol. The molecule has 0 radical (unpaired) electrons. The van der Waals surface area contributed by atoms with Gasteiger partial charge in [-0.15, -0.1) is 11.3 Å². The summed E-state index contributed by atoms with van der Waals surface area (Å²) in [6.07, 6.45) is 0. The molecule has 1 spiro atoms. The summed E-state index contributed by atoms with van der Waals surface area (Å²) in [6.45, 7) is 0. The van der Waals surface area contributed by atoms with Gasteiger partial charge in [0.05, 0.1) is 22.5 Å². The maximum absolute atomic E-state index is 2.58. The Bertz CT molecular complexity index is 3130. The summed E-state index contributed by atoms with van der Waals surface area (Å²) in [5.74, 6) is 0. The molecule has 0 atom stereocenters. The first-order chi connectivity index (χ1) is 27.3. The summed E-state index contributed by atoms with van der Waals surface area (Å²) in [4.78, 5) is 2.58. The van der Waals surface area contributed by atoms with Crippen molar-refractivity contribution in [2.45, 2.75) is 5.41 Å². The normalized spacial score (nSPS) is 13.2. The summed E-state index contributed by atoms with van der Waals surface area (Å²) >= 11 is 1.87. The van der Waals surface area contributed by atoms with Gasteiger partial charge in [-0.1, -0.05) is 170 Å². The Morgan fingerprint density at radius 3 is 1.62 bits per heavy atom. The highest BCUT2D eigenvalue weighted by Gasteiger charge is 2.52. The molecule has 0 saturated carbocycles. The van der Waals surface area contributed by atoms with Crippen LogP contribution in [0.4, 0.5) is 17.1 Å². The number of benzene rings is 9. The fourth-order valence-electron chi connectivity index (χ4n) is 10.00. The van der Waals surface area contributed by atoms with Crippen LogP contribution in [0.3, 0.4) is 0 Å². The zero-order chi connectivity index (χ0) is 36.1. The monoisotopic (exact) mass is 715 g/mol. The Morgan fingerprint density at radius 1 is 0.327 bits per heavy atom. The van der Waals surface area contributed by atoms with Crippen LogP contribution < -0.4 is 4.90 Å². The van der Waals surface area contributed by atoms with E-state index >= 15 is 0 Å². The smallest absolute Gasteiger partial charge is 0.0726 e. The molecule has 2 heteroatoms. The fraction of sp³-hybridized carbons (Fsp3) is 0.0189. The highest BCUT2D eigenvalue weighted by atomic mass is 32.1. The summed E-state index contributed by atoms with van der Waals surface area (Å²) in [5.41, 5.74) is 16.1. The number of thiophene rings is 1. The van der Waals surface area contributed by atoms with E-state index in [1.54, 1.807) is 0 Å². The molecule has 0 bridgehead atoms. The largest absolute Gasteiger partial charge is 0.309 e. The molecular formula is C53H33NS. The Labute approximate surface area is 324 Å². The van der Waals surface area contributed by atoms with Gasteiger partial charge in [0.15, 0.2) is 0 Å². The first-order valence-corrected chi connectivity index (χ1v) is 19.8. The molecule has 2 aliphatic rings. The molecule has 9 aromatic carbocycles. The number of anilines is 3. The molecule has 0 aliphatic heterocycles. The highest BCUT2D eigenvalue weighted by Crippen LogP contribution is 2.65. The van der Waals surface area contributed by atoms with Gasteiger partial charge in [0.1, 0.15) is 0 Å². The van der Waals surface area contributed by atoms with Crippen LogP contribution in [0.1, 0.15) is 22.3 Å².